The highest BCUT2D eigenvalue weighted by Crippen LogP contribution is 2.29. The van der Waals surface area contributed by atoms with Crippen molar-refractivity contribution in [2.75, 3.05) is 0 Å². The van der Waals surface area contributed by atoms with Gasteiger partial charge in [-0.05, 0) is 57.1 Å². The van der Waals surface area contributed by atoms with Crippen molar-refractivity contribution in [1.82, 2.24) is 9.78 Å². The molecule has 0 aliphatic heterocycles. The highest BCUT2D eigenvalue weighted by atomic mass is 28.3. The summed E-state index contributed by atoms with van der Waals surface area (Å²) in [6, 6.07) is 8.14. The zero-order valence-corrected chi connectivity index (χ0v) is 14.6. The minimum Gasteiger partial charge on any atom is -0.546 e. The summed E-state index contributed by atoms with van der Waals surface area (Å²) >= 11 is 0. The van der Waals surface area contributed by atoms with Crippen molar-refractivity contribution < 1.29 is 4.43 Å². The molecule has 4 nitrogen and oxygen atoms in total. The second-order valence-electron chi connectivity index (χ2n) is 5.40. The zero-order chi connectivity index (χ0) is 15.4. The van der Waals surface area contributed by atoms with E-state index in [0.29, 0.717) is 0 Å². The minimum absolute atomic E-state index is 0.842. The van der Waals surface area contributed by atoms with Crippen molar-refractivity contribution in [1.29, 1.82) is 0 Å². The Morgan fingerprint density at radius 2 is 2.10 bits per heavy atom. The van der Waals surface area contributed by atoms with Crippen molar-refractivity contribution in [3.8, 4) is 5.75 Å². The summed E-state index contributed by atoms with van der Waals surface area (Å²) in [6.45, 7) is 10.4. The summed E-state index contributed by atoms with van der Waals surface area (Å²) in [4.78, 5) is 4.69. The second kappa shape index (κ2) is 6.71. The third-order valence-corrected chi connectivity index (χ3v) is 3.82. The fraction of sp³-hybridized carbons (Fsp3) is 0.375. The van der Waals surface area contributed by atoms with E-state index in [1.165, 1.54) is 5.56 Å². The van der Waals surface area contributed by atoms with Crippen LogP contribution in [0.2, 0.25) is 13.1 Å². The molecule has 1 heterocycles. The fourth-order valence-electron chi connectivity index (χ4n) is 2.02. The van der Waals surface area contributed by atoms with Gasteiger partial charge in [0.25, 0.3) is 0 Å². The molecular weight excluding hydrogens is 278 g/mol. The van der Waals surface area contributed by atoms with E-state index in [-0.39, 0.29) is 0 Å². The fourth-order valence-corrected chi connectivity index (χ4v) is 2.71. The molecule has 0 unspecified atom stereocenters. The quantitative estimate of drug-likeness (QED) is 0.490. The zero-order valence-electron chi connectivity index (χ0n) is 13.4. The first-order valence-corrected chi connectivity index (χ1v) is 10.1. The van der Waals surface area contributed by atoms with E-state index in [9.17, 15) is 0 Å². The number of benzene rings is 1. The van der Waals surface area contributed by atoms with Crippen LogP contribution in [0.4, 0.5) is 5.69 Å². The predicted molar refractivity (Wildman–Crippen MR) is 90.5 cm³/mol. The Hall–Kier alpha value is -1.88. The monoisotopic (exact) mass is 301 g/mol. The molecule has 112 valence electrons. The molecule has 0 fully saturated rings. The second-order valence-corrected chi connectivity index (χ2v) is 7.74. The van der Waals surface area contributed by atoms with E-state index in [1.807, 2.05) is 29.9 Å². The summed E-state index contributed by atoms with van der Waals surface area (Å²) in [5.74, 6) is 1.72. The van der Waals surface area contributed by atoms with Gasteiger partial charge in [-0.1, -0.05) is 13.0 Å². The molecule has 0 saturated carbocycles. The predicted octanol–water partition coefficient (Wildman–Crippen LogP) is 3.71. The Kier molecular flexibility index (Phi) is 4.96. The molecule has 0 aliphatic rings. The molecule has 1 aromatic carbocycles. The topological polar surface area (TPSA) is 39.4 Å². The molecule has 0 aliphatic carbocycles. The van der Waals surface area contributed by atoms with Crippen molar-refractivity contribution >= 4 is 20.6 Å². The Morgan fingerprint density at radius 3 is 2.71 bits per heavy atom. The molecule has 5 heteroatoms. The van der Waals surface area contributed by atoms with Crippen molar-refractivity contribution in [3.63, 3.8) is 0 Å². The summed E-state index contributed by atoms with van der Waals surface area (Å²) in [5.41, 5.74) is 3.12. The Bertz CT molecular complexity index is 647. The maximum absolute atomic E-state index is 5.99. The van der Waals surface area contributed by atoms with Gasteiger partial charge >= 0.3 is 0 Å². The standard InChI is InChI=1S/C16H23N3OSi/c1-6-14-9-10-19(18-14)13(3)17-15-8-7-12(2)11-16(15)20-21(4)5/h7-11,21H,6H2,1-5H3. The average Bonchev–Trinajstić information content (AvgIpc) is 2.90. The molecule has 0 amide bonds. The number of hydrogen-bond acceptors (Lipinski definition) is 3. The lowest BCUT2D eigenvalue weighted by Crippen LogP contribution is -2.12. The molecule has 2 aromatic rings. The summed E-state index contributed by atoms with van der Waals surface area (Å²) in [5, 5.41) is 4.49. The van der Waals surface area contributed by atoms with Gasteiger partial charge in [0.15, 0.2) is 0 Å². The van der Waals surface area contributed by atoms with Gasteiger partial charge in [0.2, 0.25) is 9.04 Å². The van der Waals surface area contributed by atoms with Gasteiger partial charge in [0, 0.05) is 6.20 Å². The first kappa shape index (κ1) is 15.5. The van der Waals surface area contributed by atoms with Crippen LogP contribution in [-0.4, -0.2) is 24.7 Å². The van der Waals surface area contributed by atoms with Crippen molar-refractivity contribution in [2.45, 2.75) is 40.3 Å². The number of aromatic nitrogens is 2. The van der Waals surface area contributed by atoms with E-state index in [1.54, 1.807) is 0 Å². The lowest BCUT2D eigenvalue weighted by molar-refractivity contribution is 0.581. The van der Waals surface area contributed by atoms with Crippen LogP contribution >= 0.6 is 0 Å². The normalized spacial score (nSPS) is 12.0. The molecular formula is C16H23N3OSi. The minimum atomic E-state index is -1.16. The lowest BCUT2D eigenvalue weighted by Gasteiger charge is -2.13. The number of rotatable bonds is 4. The van der Waals surface area contributed by atoms with Gasteiger partial charge in [0.05, 0.1) is 5.69 Å². The first-order chi connectivity index (χ1) is 9.99. The molecule has 2 rings (SSSR count). The van der Waals surface area contributed by atoms with Crippen LogP contribution < -0.4 is 4.43 Å². The van der Waals surface area contributed by atoms with Gasteiger partial charge < -0.3 is 4.43 Å². The summed E-state index contributed by atoms with van der Waals surface area (Å²) in [6.07, 6.45) is 2.88. The van der Waals surface area contributed by atoms with E-state index < -0.39 is 9.04 Å². The highest BCUT2D eigenvalue weighted by Gasteiger charge is 2.07. The third kappa shape index (κ3) is 4.04. The molecule has 0 saturated heterocycles. The van der Waals surface area contributed by atoms with E-state index in [2.05, 4.69) is 49.2 Å². The maximum Gasteiger partial charge on any atom is 0.229 e. The van der Waals surface area contributed by atoms with Gasteiger partial charge in [-0.2, -0.15) is 5.10 Å². The number of nitrogens with zero attached hydrogens (tertiary/aromatic N) is 3. The molecule has 21 heavy (non-hydrogen) atoms. The molecule has 1 aromatic heterocycles. The molecule has 0 spiro atoms. The van der Waals surface area contributed by atoms with E-state index in [0.717, 1.165) is 29.4 Å². The van der Waals surface area contributed by atoms with Crippen LogP contribution in [0.25, 0.3) is 0 Å². The molecule has 0 bridgehead atoms. The van der Waals surface area contributed by atoms with Crippen LogP contribution in [0.1, 0.15) is 25.1 Å². The number of aliphatic imine (C=N–C) groups is 1. The summed E-state index contributed by atoms with van der Waals surface area (Å²) < 4.78 is 7.81. The van der Waals surface area contributed by atoms with Crippen LogP contribution in [0.3, 0.4) is 0 Å². The molecule has 0 N–H and O–H groups in total. The largest absolute Gasteiger partial charge is 0.546 e. The van der Waals surface area contributed by atoms with E-state index >= 15 is 0 Å². The van der Waals surface area contributed by atoms with Gasteiger partial charge in [-0.25, -0.2) is 9.67 Å². The smallest absolute Gasteiger partial charge is 0.229 e. The van der Waals surface area contributed by atoms with Gasteiger partial charge in [-0.3, -0.25) is 0 Å². The van der Waals surface area contributed by atoms with Crippen LogP contribution in [0.15, 0.2) is 35.5 Å². The Labute approximate surface area is 128 Å². The van der Waals surface area contributed by atoms with Crippen molar-refractivity contribution in [3.05, 3.63) is 41.7 Å². The molecule has 0 atom stereocenters. The van der Waals surface area contributed by atoms with Gasteiger partial charge in [-0.15, -0.1) is 0 Å². The third-order valence-electron chi connectivity index (χ3n) is 3.10. The lowest BCUT2D eigenvalue weighted by atomic mass is 10.2. The highest BCUT2D eigenvalue weighted by molar-refractivity contribution is 6.49. The number of hydrogen-bond donors (Lipinski definition) is 0. The van der Waals surface area contributed by atoms with Crippen LogP contribution in [0.5, 0.6) is 5.75 Å². The number of aryl methyl sites for hydroxylation is 2. The van der Waals surface area contributed by atoms with Gasteiger partial charge in [0.1, 0.15) is 17.3 Å². The SMILES string of the molecule is CCc1ccn(C(C)=Nc2ccc(C)cc2O[SiH](C)C)n1. The summed E-state index contributed by atoms with van der Waals surface area (Å²) in [7, 11) is -1.16. The van der Waals surface area contributed by atoms with Crippen LogP contribution in [0, 0.1) is 6.92 Å². The first-order valence-electron chi connectivity index (χ1n) is 7.37. The molecule has 0 radical (unpaired) electrons. The van der Waals surface area contributed by atoms with Crippen molar-refractivity contribution in [2.24, 2.45) is 4.99 Å². The van der Waals surface area contributed by atoms with E-state index in [4.69, 9.17) is 4.43 Å². The average molecular weight is 301 g/mol. The maximum atomic E-state index is 5.99. The van der Waals surface area contributed by atoms with Crippen LogP contribution in [-0.2, 0) is 6.42 Å². The Morgan fingerprint density at radius 1 is 1.33 bits per heavy atom. The Balaban J connectivity index is 2.34.